The van der Waals surface area contributed by atoms with Gasteiger partial charge in [-0.05, 0) is 66.2 Å². The second-order valence-corrected chi connectivity index (χ2v) is 9.55. The van der Waals surface area contributed by atoms with E-state index in [1.165, 1.54) is 0 Å². The van der Waals surface area contributed by atoms with Gasteiger partial charge in [-0.1, -0.05) is 12.8 Å². The molecule has 1 saturated heterocycles. The van der Waals surface area contributed by atoms with Crippen molar-refractivity contribution < 1.29 is 14.6 Å². The van der Waals surface area contributed by atoms with Crippen molar-refractivity contribution in [3.8, 4) is 0 Å². The molecule has 0 bridgehead atoms. The minimum atomic E-state index is -0.617. The van der Waals surface area contributed by atoms with Crippen LogP contribution in [0, 0.1) is 5.92 Å². The summed E-state index contributed by atoms with van der Waals surface area (Å²) in [5, 5.41) is 14.0. The third kappa shape index (κ3) is 7.68. The maximum Gasteiger partial charge on any atom is 0.410 e. The van der Waals surface area contributed by atoms with E-state index >= 15 is 0 Å². The van der Waals surface area contributed by atoms with Crippen molar-refractivity contribution in [3.05, 3.63) is 0 Å². The summed E-state index contributed by atoms with van der Waals surface area (Å²) in [5.41, 5.74) is -1.08. The number of piperidine rings is 1. The molecule has 2 rings (SSSR count). The molecule has 29 heavy (non-hydrogen) atoms. The fraction of sp³-hybridized carbons (Fsp3) is 0.909. The Morgan fingerprint density at radius 3 is 2.38 bits per heavy atom. The van der Waals surface area contributed by atoms with Gasteiger partial charge in [0.25, 0.3) is 0 Å². The maximum absolute atomic E-state index is 12.4. The number of rotatable bonds is 6. The summed E-state index contributed by atoms with van der Waals surface area (Å²) in [4.78, 5) is 21.3. The van der Waals surface area contributed by atoms with Crippen molar-refractivity contribution in [1.29, 1.82) is 0 Å². The van der Waals surface area contributed by atoms with Crippen LogP contribution in [0.1, 0.15) is 73.1 Å². The van der Waals surface area contributed by atoms with E-state index in [1.54, 1.807) is 0 Å². The van der Waals surface area contributed by atoms with Crippen LogP contribution >= 0.6 is 0 Å². The quantitative estimate of drug-likeness (QED) is 0.519. The SMILES string of the molecule is CCNC(=NCC1(O)CCCC1)N1CCC(CN(CC)C(=O)OC(C)(C)C)CC1. The molecule has 2 fully saturated rings. The molecule has 0 radical (unpaired) electrons. The van der Waals surface area contributed by atoms with Crippen LogP contribution in [0.15, 0.2) is 4.99 Å². The van der Waals surface area contributed by atoms with E-state index < -0.39 is 11.2 Å². The molecule has 1 saturated carbocycles. The van der Waals surface area contributed by atoms with Crippen LogP contribution in [-0.2, 0) is 4.74 Å². The normalized spacial score (nSPS) is 20.6. The highest BCUT2D eigenvalue weighted by Crippen LogP contribution is 2.29. The zero-order chi connectivity index (χ0) is 21.5. The number of hydrogen-bond donors (Lipinski definition) is 2. The molecule has 1 aliphatic carbocycles. The van der Waals surface area contributed by atoms with Crippen LogP contribution in [0.25, 0.3) is 0 Å². The topological polar surface area (TPSA) is 77.4 Å². The lowest BCUT2D eigenvalue weighted by Crippen LogP contribution is -2.48. The number of aliphatic imine (C=N–C) groups is 1. The van der Waals surface area contributed by atoms with Crippen molar-refractivity contribution in [2.45, 2.75) is 84.3 Å². The largest absolute Gasteiger partial charge is 0.444 e. The Bertz CT molecular complexity index is 545. The number of carbonyl (C=O) groups excluding carboxylic acids is 1. The maximum atomic E-state index is 12.4. The van der Waals surface area contributed by atoms with Crippen molar-refractivity contribution in [1.82, 2.24) is 15.1 Å². The van der Waals surface area contributed by atoms with Gasteiger partial charge in [-0.15, -0.1) is 0 Å². The first-order chi connectivity index (χ1) is 13.7. The monoisotopic (exact) mass is 410 g/mol. The molecule has 0 aromatic heterocycles. The fourth-order valence-corrected chi connectivity index (χ4v) is 4.14. The Labute approximate surface area is 176 Å². The summed E-state index contributed by atoms with van der Waals surface area (Å²) in [7, 11) is 0. The predicted octanol–water partition coefficient (Wildman–Crippen LogP) is 3.23. The second-order valence-electron chi connectivity index (χ2n) is 9.55. The average molecular weight is 411 g/mol. The molecule has 168 valence electrons. The molecule has 2 aliphatic rings. The number of nitrogens with one attached hydrogen (secondary N) is 1. The molecule has 0 aromatic rings. The lowest BCUT2D eigenvalue weighted by atomic mass is 9.96. The van der Waals surface area contributed by atoms with Gasteiger partial charge in [-0.25, -0.2) is 4.79 Å². The van der Waals surface area contributed by atoms with Crippen LogP contribution in [0.4, 0.5) is 4.79 Å². The van der Waals surface area contributed by atoms with Gasteiger partial charge in [-0.3, -0.25) is 4.99 Å². The first kappa shape index (κ1) is 23.8. The highest BCUT2D eigenvalue weighted by Gasteiger charge is 2.32. The Hall–Kier alpha value is -1.50. The van der Waals surface area contributed by atoms with E-state index in [0.717, 1.165) is 70.7 Å². The molecular weight excluding hydrogens is 368 g/mol. The number of hydrogen-bond acceptors (Lipinski definition) is 4. The standard InChI is InChI=1S/C22H42N4O3/c1-6-23-19(24-17-22(28)12-8-9-13-22)26-14-10-18(11-15-26)16-25(7-2)20(27)29-21(3,4)5/h18,28H,6-17H2,1-5H3,(H,23,24). The summed E-state index contributed by atoms with van der Waals surface area (Å²) >= 11 is 0. The molecule has 2 N–H and O–H groups in total. The average Bonchev–Trinajstić information content (AvgIpc) is 3.09. The summed E-state index contributed by atoms with van der Waals surface area (Å²) in [6.45, 7) is 14.3. The highest BCUT2D eigenvalue weighted by molar-refractivity contribution is 5.80. The number of amides is 1. The molecule has 0 aromatic carbocycles. The molecule has 0 atom stereocenters. The van der Waals surface area contributed by atoms with E-state index in [-0.39, 0.29) is 6.09 Å². The lowest BCUT2D eigenvalue weighted by Gasteiger charge is -2.37. The summed E-state index contributed by atoms with van der Waals surface area (Å²) in [6.07, 6.45) is 5.73. The molecule has 7 nitrogen and oxygen atoms in total. The van der Waals surface area contributed by atoms with Crippen LogP contribution in [0.5, 0.6) is 0 Å². The minimum absolute atomic E-state index is 0.220. The van der Waals surface area contributed by atoms with E-state index in [1.807, 2.05) is 32.6 Å². The number of guanidine groups is 1. The van der Waals surface area contributed by atoms with E-state index in [4.69, 9.17) is 9.73 Å². The van der Waals surface area contributed by atoms with Gasteiger partial charge in [0.1, 0.15) is 5.60 Å². The smallest absolute Gasteiger partial charge is 0.410 e. The van der Waals surface area contributed by atoms with Gasteiger partial charge in [0.2, 0.25) is 0 Å². The van der Waals surface area contributed by atoms with Crippen molar-refractivity contribution >= 4 is 12.1 Å². The first-order valence-corrected chi connectivity index (χ1v) is 11.4. The Balaban J connectivity index is 1.87. The summed E-state index contributed by atoms with van der Waals surface area (Å²) in [5.74, 6) is 1.38. The Kier molecular flexibility index (Phi) is 8.61. The van der Waals surface area contributed by atoms with Crippen LogP contribution in [0.3, 0.4) is 0 Å². The van der Waals surface area contributed by atoms with Crippen LogP contribution in [-0.4, -0.2) is 77.4 Å². The van der Waals surface area contributed by atoms with Gasteiger partial charge in [0, 0.05) is 32.7 Å². The van der Waals surface area contributed by atoms with Crippen molar-refractivity contribution in [2.24, 2.45) is 10.9 Å². The van der Waals surface area contributed by atoms with Gasteiger partial charge in [0.05, 0.1) is 12.1 Å². The summed E-state index contributed by atoms with van der Waals surface area (Å²) in [6, 6.07) is 0. The second kappa shape index (κ2) is 10.5. The predicted molar refractivity (Wildman–Crippen MR) is 117 cm³/mol. The third-order valence-electron chi connectivity index (χ3n) is 5.82. The van der Waals surface area contributed by atoms with E-state index in [0.29, 0.717) is 19.0 Å². The van der Waals surface area contributed by atoms with Gasteiger partial charge in [0.15, 0.2) is 5.96 Å². The first-order valence-electron chi connectivity index (χ1n) is 11.4. The Morgan fingerprint density at radius 2 is 1.86 bits per heavy atom. The number of ether oxygens (including phenoxy) is 1. The van der Waals surface area contributed by atoms with Gasteiger partial charge in [-0.2, -0.15) is 0 Å². The number of nitrogens with zero attached hydrogens (tertiary/aromatic N) is 3. The molecule has 0 spiro atoms. The minimum Gasteiger partial charge on any atom is -0.444 e. The molecule has 7 heteroatoms. The van der Waals surface area contributed by atoms with E-state index in [2.05, 4.69) is 17.1 Å². The lowest BCUT2D eigenvalue weighted by molar-refractivity contribution is 0.0214. The molecule has 1 heterocycles. The van der Waals surface area contributed by atoms with Gasteiger partial charge >= 0.3 is 6.09 Å². The molecule has 0 unspecified atom stereocenters. The van der Waals surface area contributed by atoms with Crippen LogP contribution < -0.4 is 5.32 Å². The third-order valence-corrected chi connectivity index (χ3v) is 5.82. The molecule has 1 amide bonds. The highest BCUT2D eigenvalue weighted by atomic mass is 16.6. The van der Waals surface area contributed by atoms with Gasteiger partial charge < -0.3 is 25.0 Å². The number of likely N-dealkylation sites (tertiary alicyclic amines) is 1. The van der Waals surface area contributed by atoms with E-state index in [9.17, 15) is 9.90 Å². The molecular formula is C22H42N4O3. The van der Waals surface area contributed by atoms with Crippen molar-refractivity contribution in [2.75, 3.05) is 39.3 Å². The zero-order valence-electron chi connectivity index (χ0n) is 19.2. The number of aliphatic hydroxyl groups is 1. The summed E-state index contributed by atoms with van der Waals surface area (Å²) < 4.78 is 5.54. The number of carbonyl (C=O) groups is 1. The Morgan fingerprint density at radius 1 is 1.24 bits per heavy atom. The van der Waals surface area contributed by atoms with Crippen molar-refractivity contribution in [3.63, 3.8) is 0 Å². The molecule has 1 aliphatic heterocycles. The van der Waals surface area contributed by atoms with Crippen LogP contribution in [0.2, 0.25) is 0 Å². The fourth-order valence-electron chi connectivity index (χ4n) is 4.14. The zero-order valence-corrected chi connectivity index (χ0v) is 19.2.